The number of hydrogen-bond donors (Lipinski definition) is 1. The van der Waals surface area contributed by atoms with Crippen LogP contribution in [0.25, 0.3) is 0 Å². The fourth-order valence-corrected chi connectivity index (χ4v) is 2.49. The molecule has 1 heterocycles. The van der Waals surface area contributed by atoms with Gasteiger partial charge in [-0.25, -0.2) is 0 Å². The lowest BCUT2D eigenvalue weighted by molar-refractivity contribution is 0.503. The molecule has 0 saturated carbocycles. The van der Waals surface area contributed by atoms with Gasteiger partial charge in [0, 0.05) is 16.7 Å². The van der Waals surface area contributed by atoms with Crippen LogP contribution in [0.15, 0.2) is 39.4 Å². The smallest absolute Gasteiger partial charge is 0.123 e. The molecule has 0 atom stereocenters. The van der Waals surface area contributed by atoms with Gasteiger partial charge in [0.15, 0.2) is 0 Å². The summed E-state index contributed by atoms with van der Waals surface area (Å²) < 4.78 is 6.41. The quantitative estimate of drug-likeness (QED) is 0.869. The van der Waals surface area contributed by atoms with Crippen LogP contribution in [-0.4, -0.2) is 6.54 Å². The Morgan fingerprint density at radius 1 is 1.39 bits per heavy atom. The maximum atomic E-state index is 5.90. The standard InChI is InChI=1S/C14H17BrN2O/c1-3-17(9-11-5-4-6-18-11)14-7-10(2)13(16)8-12(14)15/h4-8H,3,9,16H2,1-2H3. The molecule has 2 aromatic rings. The van der Waals surface area contributed by atoms with Crippen molar-refractivity contribution in [1.82, 2.24) is 0 Å². The summed E-state index contributed by atoms with van der Waals surface area (Å²) in [5.41, 5.74) is 8.93. The van der Waals surface area contributed by atoms with Gasteiger partial charge < -0.3 is 15.1 Å². The number of nitrogens with zero attached hydrogens (tertiary/aromatic N) is 1. The Balaban J connectivity index is 2.30. The lowest BCUT2D eigenvalue weighted by atomic mass is 10.1. The van der Waals surface area contributed by atoms with Gasteiger partial charge in [-0.15, -0.1) is 0 Å². The third-order valence-corrected chi connectivity index (χ3v) is 3.62. The minimum Gasteiger partial charge on any atom is -0.467 e. The summed E-state index contributed by atoms with van der Waals surface area (Å²) >= 11 is 3.57. The predicted octanol–water partition coefficient (Wildman–Crippen LogP) is 3.96. The summed E-state index contributed by atoms with van der Waals surface area (Å²) in [5.74, 6) is 0.957. The SMILES string of the molecule is CCN(Cc1ccco1)c1cc(C)c(N)cc1Br. The Morgan fingerprint density at radius 3 is 2.78 bits per heavy atom. The predicted molar refractivity (Wildman–Crippen MR) is 78.7 cm³/mol. The molecule has 18 heavy (non-hydrogen) atoms. The number of nitrogens with two attached hydrogens (primary N) is 1. The maximum Gasteiger partial charge on any atom is 0.123 e. The molecule has 0 amide bonds. The van der Waals surface area contributed by atoms with E-state index >= 15 is 0 Å². The molecule has 0 aliphatic carbocycles. The van der Waals surface area contributed by atoms with E-state index in [1.165, 1.54) is 0 Å². The first-order valence-corrected chi connectivity index (χ1v) is 6.74. The van der Waals surface area contributed by atoms with E-state index in [1.54, 1.807) is 6.26 Å². The molecule has 4 heteroatoms. The highest BCUT2D eigenvalue weighted by Crippen LogP contribution is 2.31. The molecule has 0 fully saturated rings. The van der Waals surface area contributed by atoms with Crippen LogP contribution in [0.4, 0.5) is 11.4 Å². The van der Waals surface area contributed by atoms with Gasteiger partial charge >= 0.3 is 0 Å². The zero-order valence-corrected chi connectivity index (χ0v) is 12.2. The average Bonchev–Trinajstić information content (AvgIpc) is 2.84. The third kappa shape index (κ3) is 2.70. The van der Waals surface area contributed by atoms with Crippen molar-refractivity contribution in [2.75, 3.05) is 17.2 Å². The van der Waals surface area contributed by atoms with Crippen molar-refractivity contribution in [3.63, 3.8) is 0 Å². The number of halogens is 1. The molecular weight excluding hydrogens is 292 g/mol. The van der Waals surface area contributed by atoms with Crippen molar-refractivity contribution in [1.29, 1.82) is 0 Å². The molecule has 2 rings (SSSR count). The van der Waals surface area contributed by atoms with Crippen molar-refractivity contribution in [2.24, 2.45) is 0 Å². The molecule has 2 N–H and O–H groups in total. The number of aryl methyl sites for hydroxylation is 1. The fraction of sp³-hybridized carbons (Fsp3) is 0.286. The van der Waals surface area contributed by atoms with Crippen LogP contribution in [0.5, 0.6) is 0 Å². The summed E-state index contributed by atoms with van der Waals surface area (Å²) in [6.07, 6.45) is 1.70. The molecule has 1 aromatic heterocycles. The van der Waals surface area contributed by atoms with E-state index in [2.05, 4.69) is 33.8 Å². The van der Waals surface area contributed by atoms with Gasteiger partial charge in [0.1, 0.15) is 5.76 Å². The molecule has 0 saturated heterocycles. The minimum atomic E-state index is 0.755. The Labute approximate surface area is 116 Å². The Hall–Kier alpha value is -1.42. The minimum absolute atomic E-state index is 0.755. The number of nitrogen functional groups attached to an aromatic ring is 1. The normalized spacial score (nSPS) is 10.6. The molecule has 3 nitrogen and oxygen atoms in total. The highest BCUT2D eigenvalue weighted by atomic mass is 79.9. The second kappa shape index (κ2) is 5.48. The largest absolute Gasteiger partial charge is 0.467 e. The number of hydrogen-bond acceptors (Lipinski definition) is 3. The van der Waals surface area contributed by atoms with Gasteiger partial charge in [0.2, 0.25) is 0 Å². The van der Waals surface area contributed by atoms with E-state index in [0.29, 0.717) is 0 Å². The molecule has 96 valence electrons. The van der Waals surface area contributed by atoms with Crippen LogP contribution in [0.3, 0.4) is 0 Å². The monoisotopic (exact) mass is 308 g/mol. The topological polar surface area (TPSA) is 42.4 Å². The second-order valence-electron chi connectivity index (χ2n) is 4.25. The van der Waals surface area contributed by atoms with Gasteiger partial charge in [0.05, 0.1) is 18.5 Å². The summed E-state index contributed by atoms with van der Waals surface area (Å²) in [4.78, 5) is 2.25. The lowest BCUT2D eigenvalue weighted by Gasteiger charge is -2.24. The van der Waals surface area contributed by atoms with E-state index in [4.69, 9.17) is 10.2 Å². The van der Waals surface area contributed by atoms with Crippen molar-refractivity contribution < 1.29 is 4.42 Å². The highest BCUT2D eigenvalue weighted by Gasteiger charge is 2.12. The van der Waals surface area contributed by atoms with Gasteiger partial charge in [-0.3, -0.25) is 0 Å². The number of benzene rings is 1. The first-order valence-electron chi connectivity index (χ1n) is 5.94. The molecule has 0 aliphatic rings. The Morgan fingerprint density at radius 2 is 2.17 bits per heavy atom. The van der Waals surface area contributed by atoms with Gasteiger partial charge in [-0.1, -0.05) is 0 Å². The van der Waals surface area contributed by atoms with Crippen LogP contribution in [0.1, 0.15) is 18.2 Å². The van der Waals surface area contributed by atoms with Crippen LogP contribution >= 0.6 is 15.9 Å². The van der Waals surface area contributed by atoms with E-state index in [9.17, 15) is 0 Å². The Bertz CT molecular complexity index is 523. The van der Waals surface area contributed by atoms with Crippen molar-refractivity contribution >= 4 is 27.3 Å². The molecular formula is C14H17BrN2O. The zero-order valence-electron chi connectivity index (χ0n) is 10.6. The Kier molecular flexibility index (Phi) is 3.97. The lowest BCUT2D eigenvalue weighted by Crippen LogP contribution is -2.22. The fourth-order valence-electron chi connectivity index (χ4n) is 1.88. The van der Waals surface area contributed by atoms with E-state index in [0.717, 1.165) is 40.3 Å². The van der Waals surface area contributed by atoms with Gasteiger partial charge in [-0.05, 0) is 59.6 Å². The first kappa shape index (κ1) is 13.0. The van der Waals surface area contributed by atoms with E-state index in [1.807, 2.05) is 25.1 Å². The van der Waals surface area contributed by atoms with Crippen LogP contribution in [0, 0.1) is 6.92 Å². The van der Waals surface area contributed by atoms with Crippen LogP contribution in [-0.2, 0) is 6.54 Å². The molecule has 0 bridgehead atoms. The summed E-state index contributed by atoms with van der Waals surface area (Å²) in [7, 11) is 0. The maximum absolute atomic E-state index is 5.90. The van der Waals surface area contributed by atoms with Gasteiger partial charge in [-0.2, -0.15) is 0 Å². The van der Waals surface area contributed by atoms with E-state index < -0.39 is 0 Å². The molecule has 0 spiro atoms. The highest BCUT2D eigenvalue weighted by molar-refractivity contribution is 9.10. The van der Waals surface area contributed by atoms with Crippen LogP contribution < -0.4 is 10.6 Å². The van der Waals surface area contributed by atoms with Crippen LogP contribution in [0.2, 0.25) is 0 Å². The zero-order chi connectivity index (χ0) is 13.1. The molecule has 1 aromatic carbocycles. The number of anilines is 2. The summed E-state index contributed by atoms with van der Waals surface area (Å²) in [6.45, 7) is 5.81. The number of furan rings is 1. The summed E-state index contributed by atoms with van der Waals surface area (Å²) in [5, 5.41) is 0. The molecule has 0 unspecified atom stereocenters. The summed E-state index contributed by atoms with van der Waals surface area (Å²) in [6, 6.07) is 7.95. The van der Waals surface area contributed by atoms with Gasteiger partial charge in [0.25, 0.3) is 0 Å². The van der Waals surface area contributed by atoms with Crippen molar-refractivity contribution in [2.45, 2.75) is 20.4 Å². The third-order valence-electron chi connectivity index (χ3n) is 2.98. The number of rotatable bonds is 4. The molecule has 0 radical (unpaired) electrons. The van der Waals surface area contributed by atoms with E-state index in [-0.39, 0.29) is 0 Å². The first-order chi connectivity index (χ1) is 8.61. The van der Waals surface area contributed by atoms with Crippen molar-refractivity contribution in [3.8, 4) is 0 Å². The van der Waals surface area contributed by atoms with Crippen molar-refractivity contribution in [3.05, 3.63) is 46.3 Å². The second-order valence-corrected chi connectivity index (χ2v) is 5.11. The average molecular weight is 309 g/mol. The molecule has 0 aliphatic heterocycles.